The molecule has 1 N–H and O–H groups in total. The van der Waals surface area contributed by atoms with Crippen molar-refractivity contribution in [3.05, 3.63) is 56.5 Å². The van der Waals surface area contributed by atoms with Crippen LogP contribution in [-0.4, -0.2) is 6.54 Å². The second-order valence-corrected chi connectivity index (χ2v) is 5.97. The van der Waals surface area contributed by atoms with Crippen LogP contribution in [0, 0.1) is 0 Å². The van der Waals surface area contributed by atoms with Crippen LogP contribution in [0.2, 0.25) is 10.0 Å². The maximum absolute atomic E-state index is 6.13. The number of benzene rings is 2. The minimum Gasteiger partial charge on any atom is -0.455 e. The van der Waals surface area contributed by atoms with Gasteiger partial charge in [0.15, 0.2) is 0 Å². The maximum atomic E-state index is 6.13. The Morgan fingerprint density at radius 2 is 1.85 bits per heavy atom. The van der Waals surface area contributed by atoms with Gasteiger partial charge in [0.2, 0.25) is 0 Å². The maximum Gasteiger partial charge on any atom is 0.146 e. The highest BCUT2D eigenvalue weighted by atomic mass is 79.9. The summed E-state index contributed by atoms with van der Waals surface area (Å²) in [4.78, 5) is 0. The summed E-state index contributed by atoms with van der Waals surface area (Å²) < 4.78 is 6.91. The molecule has 2 nitrogen and oxygen atoms in total. The Kier molecular flexibility index (Phi) is 5.73. The summed E-state index contributed by atoms with van der Waals surface area (Å²) in [6, 6.07) is 11.1. The first-order valence-corrected chi connectivity index (χ1v) is 7.77. The van der Waals surface area contributed by atoms with Gasteiger partial charge in [0.1, 0.15) is 11.5 Å². The molecule has 106 valence electrons. The lowest BCUT2D eigenvalue weighted by Crippen LogP contribution is -2.12. The van der Waals surface area contributed by atoms with E-state index in [0.29, 0.717) is 15.8 Å². The minimum atomic E-state index is 0.495. The Hall–Kier alpha value is -0.740. The smallest absolute Gasteiger partial charge is 0.146 e. The number of hydrogen-bond acceptors (Lipinski definition) is 2. The third kappa shape index (κ3) is 4.13. The van der Waals surface area contributed by atoms with Gasteiger partial charge in [-0.15, -0.1) is 0 Å². The average molecular weight is 375 g/mol. The van der Waals surface area contributed by atoms with E-state index in [9.17, 15) is 0 Å². The van der Waals surface area contributed by atoms with Gasteiger partial charge in [0.05, 0.1) is 5.02 Å². The van der Waals surface area contributed by atoms with Crippen molar-refractivity contribution in [3.8, 4) is 11.5 Å². The molecule has 0 heterocycles. The van der Waals surface area contributed by atoms with Gasteiger partial charge in [-0.2, -0.15) is 0 Å². The SMILES string of the molecule is CCNCc1cc(Br)ccc1Oc1ccc(Cl)cc1Cl. The van der Waals surface area contributed by atoms with Crippen molar-refractivity contribution in [2.24, 2.45) is 0 Å². The molecular weight excluding hydrogens is 361 g/mol. The fourth-order valence-corrected chi connectivity index (χ4v) is 2.58. The van der Waals surface area contributed by atoms with Gasteiger partial charge < -0.3 is 10.1 Å². The predicted octanol–water partition coefficient (Wildman–Crippen LogP) is 5.66. The highest BCUT2D eigenvalue weighted by Gasteiger charge is 2.08. The quantitative estimate of drug-likeness (QED) is 0.729. The molecule has 2 rings (SSSR count). The molecule has 0 aliphatic carbocycles. The highest BCUT2D eigenvalue weighted by Crippen LogP contribution is 2.34. The predicted molar refractivity (Wildman–Crippen MR) is 88.1 cm³/mol. The van der Waals surface area contributed by atoms with Crippen molar-refractivity contribution >= 4 is 39.1 Å². The van der Waals surface area contributed by atoms with E-state index in [4.69, 9.17) is 27.9 Å². The monoisotopic (exact) mass is 373 g/mol. The van der Waals surface area contributed by atoms with Crippen molar-refractivity contribution in [2.45, 2.75) is 13.5 Å². The van der Waals surface area contributed by atoms with Crippen molar-refractivity contribution in [2.75, 3.05) is 6.54 Å². The molecule has 0 fully saturated rings. The third-order valence-electron chi connectivity index (χ3n) is 2.70. The molecule has 0 saturated heterocycles. The highest BCUT2D eigenvalue weighted by molar-refractivity contribution is 9.10. The zero-order valence-electron chi connectivity index (χ0n) is 10.9. The summed E-state index contributed by atoms with van der Waals surface area (Å²) in [5.41, 5.74) is 1.06. The molecule has 0 spiro atoms. The zero-order valence-corrected chi connectivity index (χ0v) is 14.0. The minimum absolute atomic E-state index is 0.495. The molecule has 0 amide bonds. The van der Waals surface area contributed by atoms with Crippen molar-refractivity contribution in [1.29, 1.82) is 0 Å². The lowest BCUT2D eigenvalue weighted by molar-refractivity contribution is 0.473. The van der Waals surface area contributed by atoms with Crippen LogP contribution in [0.3, 0.4) is 0 Å². The van der Waals surface area contributed by atoms with E-state index in [1.807, 2.05) is 18.2 Å². The fourth-order valence-electron chi connectivity index (χ4n) is 1.72. The largest absolute Gasteiger partial charge is 0.455 e. The van der Waals surface area contributed by atoms with Crippen LogP contribution >= 0.6 is 39.1 Å². The molecule has 0 bridgehead atoms. The van der Waals surface area contributed by atoms with Gasteiger partial charge in [-0.05, 0) is 42.9 Å². The second-order valence-electron chi connectivity index (χ2n) is 4.21. The van der Waals surface area contributed by atoms with Crippen molar-refractivity contribution in [1.82, 2.24) is 5.32 Å². The van der Waals surface area contributed by atoms with Gasteiger partial charge in [-0.25, -0.2) is 0 Å². The molecule has 5 heteroatoms. The van der Waals surface area contributed by atoms with E-state index in [0.717, 1.165) is 28.9 Å². The third-order valence-corrected chi connectivity index (χ3v) is 3.73. The van der Waals surface area contributed by atoms with Crippen molar-refractivity contribution < 1.29 is 4.74 Å². The van der Waals surface area contributed by atoms with E-state index < -0.39 is 0 Å². The molecule has 0 aliphatic heterocycles. The van der Waals surface area contributed by atoms with E-state index in [-0.39, 0.29) is 0 Å². The van der Waals surface area contributed by atoms with Crippen LogP contribution in [0.25, 0.3) is 0 Å². The Balaban J connectivity index is 2.27. The van der Waals surface area contributed by atoms with Gasteiger partial charge in [0, 0.05) is 21.6 Å². The molecule has 20 heavy (non-hydrogen) atoms. The molecule has 0 atom stereocenters. The molecule has 0 aliphatic rings. The first-order valence-electron chi connectivity index (χ1n) is 6.22. The molecule has 0 saturated carbocycles. The number of ether oxygens (including phenoxy) is 1. The molecular formula is C15H14BrCl2NO. The fraction of sp³-hybridized carbons (Fsp3) is 0.200. The van der Waals surface area contributed by atoms with Crippen LogP contribution in [-0.2, 0) is 6.54 Å². The standard InChI is InChI=1S/C15H14BrCl2NO/c1-2-19-9-10-7-11(16)3-5-14(10)20-15-6-4-12(17)8-13(15)18/h3-8,19H,2,9H2,1H3. The molecule has 0 aromatic heterocycles. The summed E-state index contributed by atoms with van der Waals surface area (Å²) in [6.45, 7) is 3.69. The van der Waals surface area contributed by atoms with E-state index >= 15 is 0 Å². The van der Waals surface area contributed by atoms with Gasteiger partial charge >= 0.3 is 0 Å². The van der Waals surface area contributed by atoms with Gasteiger partial charge in [-0.1, -0.05) is 46.1 Å². The second kappa shape index (κ2) is 7.32. The summed E-state index contributed by atoms with van der Waals surface area (Å²) in [6.07, 6.45) is 0. The Bertz CT molecular complexity index is 604. The number of rotatable bonds is 5. The zero-order chi connectivity index (χ0) is 14.5. The normalized spacial score (nSPS) is 10.6. The number of hydrogen-bond donors (Lipinski definition) is 1. The lowest BCUT2D eigenvalue weighted by atomic mass is 10.2. The van der Waals surface area contributed by atoms with Gasteiger partial charge in [0.25, 0.3) is 0 Å². The van der Waals surface area contributed by atoms with Crippen LogP contribution in [0.1, 0.15) is 12.5 Å². The number of halogens is 3. The summed E-state index contributed by atoms with van der Waals surface area (Å²) in [7, 11) is 0. The van der Waals surface area contributed by atoms with E-state index in [2.05, 4.69) is 28.2 Å². The lowest BCUT2D eigenvalue weighted by Gasteiger charge is -2.13. The molecule has 0 radical (unpaired) electrons. The summed E-state index contributed by atoms with van der Waals surface area (Å²) in [5.74, 6) is 1.37. The first-order chi connectivity index (χ1) is 9.60. The van der Waals surface area contributed by atoms with E-state index in [1.54, 1.807) is 18.2 Å². The summed E-state index contributed by atoms with van der Waals surface area (Å²) in [5, 5.41) is 4.37. The van der Waals surface area contributed by atoms with E-state index in [1.165, 1.54) is 0 Å². The first kappa shape index (κ1) is 15.6. The van der Waals surface area contributed by atoms with Crippen LogP contribution in [0.4, 0.5) is 0 Å². The topological polar surface area (TPSA) is 21.3 Å². The molecule has 2 aromatic rings. The molecule has 2 aromatic carbocycles. The van der Waals surface area contributed by atoms with Crippen LogP contribution in [0.15, 0.2) is 40.9 Å². The Morgan fingerprint density at radius 3 is 2.55 bits per heavy atom. The summed E-state index contributed by atoms with van der Waals surface area (Å²) >= 11 is 15.5. The molecule has 0 unspecified atom stereocenters. The number of nitrogens with one attached hydrogen (secondary N) is 1. The Morgan fingerprint density at radius 1 is 1.10 bits per heavy atom. The Labute approximate surface area is 137 Å². The van der Waals surface area contributed by atoms with Crippen molar-refractivity contribution in [3.63, 3.8) is 0 Å². The van der Waals surface area contributed by atoms with Crippen LogP contribution < -0.4 is 10.1 Å². The van der Waals surface area contributed by atoms with Crippen LogP contribution in [0.5, 0.6) is 11.5 Å². The average Bonchev–Trinajstić information content (AvgIpc) is 2.41. The van der Waals surface area contributed by atoms with Gasteiger partial charge in [-0.3, -0.25) is 0 Å².